The minimum absolute atomic E-state index is 0.303. The van der Waals surface area contributed by atoms with Crippen LogP contribution in [0.2, 0.25) is 0 Å². The Morgan fingerprint density at radius 2 is 1.42 bits per heavy atom. The average Bonchev–Trinajstić information content (AvgIpc) is 2.49. The van der Waals surface area contributed by atoms with Crippen molar-refractivity contribution in [2.45, 2.75) is 19.1 Å². The van der Waals surface area contributed by atoms with Crippen molar-refractivity contribution in [3.05, 3.63) is 78.4 Å². The molecule has 0 aliphatic heterocycles. The molecule has 19 heavy (non-hydrogen) atoms. The fourth-order valence-corrected chi connectivity index (χ4v) is 1.50. The third kappa shape index (κ3) is 5.08. The first kappa shape index (κ1) is 15.2. The van der Waals surface area contributed by atoms with Crippen molar-refractivity contribution in [3.63, 3.8) is 0 Å². The first-order chi connectivity index (χ1) is 9.10. The van der Waals surface area contributed by atoms with Gasteiger partial charge in [0.05, 0.1) is 0 Å². The quantitative estimate of drug-likeness (QED) is 0.824. The van der Waals surface area contributed by atoms with E-state index in [-0.39, 0.29) is 0 Å². The summed E-state index contributed by atoms with van der Waals surface area (Å²) in [5.41, 5.74) is 1.72. The molecule has 0 fully saturated rings. The Hall–Kier alpha value is -1.90. The Morgan fingerprint density at radius 1 is 0.947 bits per heavy atom. The second-order valence-electron chi connectivity index (χ2n) is 4.15. The molecule has 0 bridgehead atoms. The minimum Gasteiger partial charge on any atom is -0.362 e. The summed E-state index contributed by atoms with van der Waals surface area (Å²) >= 11 is 0. The van der Waals surface area contributed by atoms with Crippen LogP contribution < -0.4 is 0 Å². The van der Waals surface area contributed by atoms with Crippen LogP contribution >= 0.6 is 0 Å². The molecule has 2 aromatic carbocycles. The van der Waals surface area contributed by atoms with Crippen LogP contribution in [0.3, 0.4) is 0 Å². The molecule has 0 aromatic heterocycles. The number of hydrogen-bond donors (Lipinski definition) is 2. The molecular weight excluding hydrogens is 236 g/mol. The van der Waals surface area contributed by atoms with Crippen LogP contribution in [-0.4, -0.2) is 10.2 Å². The summed E-state index contributed by atoms with van der Waals surface area (Å²) in [5, 5.41) is 18.7. The summed E-state index contributed by atoms with van der Waals surface area (Å²) in [5.74, 6) is -1.67. The molecule has 0 radical (unpaired) electrons. The maximum atomic E-state index is 9.35. The van der Waals surface area contributed by atoms with Crippen molar-refractivity contribution in [1.82, 2.24) is 0 Å². The summed E-state index contributed by atoms with van der Waals surface area (Å²) in [4.78, 5) is 0. The van der Waals surface area contributed by atoms with Crippen molar-refractivity contribution in [1.29, 1.82) is 0 Å². The summed E-state index contributed by atoms with van der Waals surface area (Å²) in [6.07, 6.45) is 2.14. The van der Waals surface area contributed by atoms with Crippen molar-refractivity contribution in [2.75, 3.05) is 0 Å². The van der Waals surface area contributed by atoms with Gasteiger partial charge in [-0.05, 0) is 5.56 Å². The standard InChI is InChI=1S/C9H12O2.C8H8/c1-2-9(10,11)8-6-4-3-5-7-8;1-2-8-6-4-3-5-7-8/h3-7,10-11H,2H2,1H3;2-7H,1H2. The Balaban J connectivity index is 0.000000200. The Morgan fingerprint density at radius 3 is 1.79 bits per heavy atom. The first-order valence-electron chi connectivity index (χ1n) is 6.28. The van der Waals surface area contributed by atoms with Crippen LogP contribution in [0.25, 0.3) is 6.08 Å². The SMILES string of the molecule is C=Cc1ccccc1.CCC(O)(O)c1ccccc1. The van der Waals surface area contributed by atoms with Crippen LogP contribution in [-0.2, 0) is 5.79 Å². The Bertz CT molecular complexity index is 475. The van der Waals surface area contributed by atoms with Gasteiger partial charge >= 0.3 is 0 Å². The van der Waals surface area contributed by atoms with Crippen molar-refractivity contribution >= 4 is 6.08 Å². The zero-order valence-electron chi connectivity index (χ0n) is 11.2. The highest BCUT2D eigenvalue weighted by molar-refractivity contribution is 5.45. The summed E-state index contributed by atoms with van der Waals surface area (Å²) in [7, 11) is 0. The zero-order chi connectivity index (χ0) is 14.1. The largest absolute Gasteiger partial charge is 0.362 e. The normalized spacial score (nSPS) is 10.3. The van der Waals surface area contributed by atoms with Gasteiger partial charge in [-0.2, -0.15) is 0 Å². The Kier molecular flexibility index (Phi) is 6.00. The second kappa shape index (κ2) is 7.52. The molecule has 0 saturated carbocycles. The summed E-state index contributed by atoms with van der Waals surface area (Å²) in [6.45, 7) is 5.36. The van der Waals surface area contributed by atoms with Crippen LogP contribution in [0.4, 0.5) is 0 Å². The number of rotatable bonds is 3. The fourth-order valence-electron chi connectivity index (χ4n) is 1.50. The maximum absolute atomic E-state index is 9.35. The van der Waals surface area contributed by atoms with Crippen LogP contribution in [0.1, 0.15) is 24.5 Å². The smallest absolute Gasteiger partial charge is 0.189 e. The van der Waals surface area contributed by atoms with Gasteiger partial charge in [0.25, 0.3) is 0 Å². The van der Waals surface area contributed by atoms with Gasteiger partial charge in [-0.3, -0.25) is 0 Å². The molecule has 0 saturated heterocycles. The lowest BCUT2D eigenvalue weighted by Gasteiger charge is -2.19. The van der Waals surface area contributed by atoms with Gasteiger partial charge < -0.3 is 10.2 Å². The van der Waals surface area contributed by atoms with E-state index in [0.29, 0.717) is 12.0 Å². The van der Waals surface area contributed by atoms with E-state index in [4.69, 9.17) is 0 Å². The molecular formula is C17H20O2. The molecule has 2 aromatic rings. The lowest BCUT2D eigenvalue weighted by molar-refractivity contribution is -0.171. The van der Waals surface area contributed by atoms with Crippen LogP contribution in [0, 0.1) is 0 Å². The zero-order valence-corrected chi connectivity index (χ0v) is 11.2. The van der Waals surface area contributed by atoms with Gasteiger partial charge in [-0.1, -0.05) is 80.2 Å². The topological polar surface area (TPSA) is 40.5 Å². The molecule has 2 N–H and O–H groups in total. The monoisotopic (exact) mass is 256 g/mol. The van der Waals surface area contributed by atoms with Crippen LogP contribution in [0.15, 0.2) is 67.2 Å². The van der Waals surface area contributed by atoms with Crippen LogP contribution in [0.5, 0.6) is 0 Å². The molecule has 0 amide bonds. The maximum Gasteiger partial charge on any atom is 0.189 e. The molecule has 0 heterocycles. The van der Waals surface area contributed by atoms with E-state index in [1.807, 2.05) is 42.5 Å². The molecule has 2 rings (SSSR count). The lowest BCUT2D eigenvalue weighted by Crippen LogP contribution is -2.23. The first-order valence-corrected chi connectivity index (χ1v) is 6.28. The molecule has 0 spiro atoms. The molecule has 0 aliphatic carbocycles. The Labute approximate surface area is 114 Å². The van der Waals surface area contributed by atoms with E-state index in [9.17, 15) is 10.2 Å². The average molecular weight is 256 g/mol. The van der Waals surface area contributed by atoms with E-state index < -0.39 is 5.79 Å². The predicted molar refractivity (Wildman–Crippen MR) is 79.4 cm³/mol. The highest BCUT2D eigenvalue weighted by Gasteiger charge is 2.21. The second-order valence-corrected chi connectivity index (χ2v) is 4.15. The van der Waals surface area contributed by atoms with E-state index >= 15 is 0 Å². The molecule has 100 valence electrons. The van der Waals surface area contributed by atoms with Gasteiger partial charge in [0.1, 0.15) is 0 Å². The van der Waals surface area contributed by atoms with E-state index in [2.05, 4.69) is 6.58 Å². The van der Waals surface area contributed by atoms with E-state index in [1.165, 1.54) is 5.56 Å². The summed E-state index contributed by atoms with van der Waals surface area (Å²) in [6, 6.07) is 18.8. The highest BCUT2D eigenvalue weighted by Crippen LogP contribution is 2.20. The summed E-state index contributed by atoms with van der Waals surface area (Å²) < 4.78 is 0. The molecule has 0 atom stereocenters. The van der Waals surface area contributed by atoms with E-state index in [1.54, 1.807) is 31.2 Å². The van der Waals surface area contributed by atoms with Gasteiger partial charge in [-0.15, -0.1) is 0 Å². The van der Waals surface area contributed by atoms with E-state index in [0.717, 1.165) is 0 Å². The molecule has 2 heteroatoms. The van der Waals surface area contributed by atoms with Crippen molar-refractivity contribution in [2.24, 2.45) is 0 Å². The number of benzene rings is 2. The minimum atomic E-state index is -1.67. The lowest BCUT2D eigenvalue weighted by atomic mass is 10.0. The molecule has 2 nitrogen and oxygen atoms in total. The molecule has 0 aliphatic rings. The third-order valence-electron chi connectivity index (χ3n) is 2.76. The van der Waals surface area contributed by atoms with Gasteiger partial charge in [0.15, 0.2) is 5.79 Å². The van der Waals surface area contributed by atoms with Gasteiger partial charge in [0.2, 0.25) is 0 Å². The number of hydrogen-bond acceptors (Lipinski definition) is 2. The van der Waals surface area contributed by atoms with Crippen molar-refractivity contribution < 1.29 is 10.2 Å². The molecule has 0 unspecified atom stereocenters. The van der Waals surface area contributed by atoms with Gasteiger partial charge in [-0.25, -0.2) is 0 Å². The fraction of sp³-hybridized carbons (Fsp3) is 0.176. The van der Waals surface area contributed by atoms with Crippen molar-refractivity contribution in [3.8, 4) is 0 Å². The van der Waals surface area contributed by atoms with Gasteiger partial charge in [0, 0.05) is 12.0 Å². The third-order valence-corrected chi connectivity index (χ3v) is 2.76. The predicted octanol–water partition coefficient (Wildman–Crippen LogP) is 3.56. The number of aliphatic hydroxyl groups is 2. The highest BCUT2D eigenvalue weighted by atomic mass is 16.5.